The third kappa shape index (κ3) is 3.04. The van der Waals surface area contributed by atoms with Crippen LogP contribution in [0.4, 0.5) is 5.69 Å². The molecule has 0 aliphatic carbocycles. The third-order valence-corrected chi connectivity index (χ3v) is 8.38. The van der Waals surface area contributed by atoms with Gasteiger partial charge in [-0.05, 0) is 30.3 Å². The van der Waals surface area contributed by atoms with Crippen LogP contribution < -0.4 is 14.8 Å². The minimum atomic E-state index is -1.72. The molecule has 4 nitrogen and oxygen atoms in total. The highest BCUT2D eigenvalue weighted by atomic mass is 28.4. The number of para-hydroxylation sites is 1. The molecule has 0 spiro atoms. The van der Waals surface area contributed by atoms with Gasteiger partial charge in [0, 0.05) is 0 Å². The normalized spacial score (nSPS) is 14.6. The van der Waals surface area contributed by atoms with Crippen LogP contribution in [0, 0.1) is 0 Å². The number of benzene rings is 1. The highest BCUT2D eigenvalue weighted by molar-refractivity contribution is 6.74. The zero-order valence-corrected chi connectivity index (χ0v) is 13.4. The maximum absolute atomic E-state index is 6.09. The lowest BCUT2D eigenvalue weighted by Crippen LogP contribution is -2.42. The van der Waals surface area contributed by atoms with E-state index in [1.807, 2.05) is 18.2 Å². The van der Waals surface area contributed by atoms with E-state index in [9.17, 15) is 0 Å². The van der Waals surface area contributed by atoms with Crippen molar-refractivity contribution in [2.24, 2.45) is 0 Å². The van der Waals surface area contributed by atoms with E-state index in [0.29, 0.717) is 6.73 Å². The van der Waals surface area contributed by atoms with Crippen molar-refractivity contribution in [2.75, 3.05) is 18.8 Å². The number of hydrogen-bond donors (Lipinski definition) is 1. The summed E-state index contributed by atoms with van der Waals surface area (Å²) in [6, 6.07) is 5.83. The summed E-state index contributed by atoms with van der Waals surface area (Å²) in [5.74, 6) is 1.57. The summed E-state index contributed by atoms with van der Waals surface area (Å²) < 4.78 is 16.9. The van der Waals surface area contributed by atoms with Gasteiger partial charge in [-0.1, -0.05) is 26.8 Å². The Kier molecular flexibility index (Phi) is 3.78. The Balaban J connectivity index is 1.96. The molecule has 0 unspecified atom stereocenters. The monoisotopic (exact) mass is 281 g/mol. The molecule has 1 aromatic carbocycles. The summed E-state index contributed by atoms with van der Waals surface area (Å²) >= 11 is 0. The third-order valence-electron chi connectivity index (χ3n) is 3.90. The Morgan fingerprint density at radius 3 is 2.68 bits per heavy atom. The van der Waals surface area contributed by atoms with E-state index in [2.05, 4.69) is 39.2 Å². The van der Waals surface area contributed by atoms with Gasteiger partial charge in [0.05, 0.1) is 5.69 Å². The van der Waals surface area contributed by atoms with Gasteiger partial charge >= 0.3 is 0 Å². The van der Waals surface area contributed by atoms with E-state index in [1.54, 1.807) is 0 Å². The summed E-state index contributed by atoms with van der Waals surface area (Å²) in [7, 11) is -1.72. The van der Waals surface area contributed by atoms with Gasteiger partial charge in [-0.2, -0.15) is 0 Å². The van der Waals surface area contributed by atoms with Crippen molar-refractivity contribution < 1.29 is 13.9 Å². The molecule has 0 amide bonds. The van der Waals surface area contributed by atoms with E-state index in [0.717, 1.165) is 17.2 Å². The Morgan fingerprint density at radius 2 is 2.00 bits per heavy atom. The first-order valence-electron chi connectivity index (χ1n) is 6.58. The fourth-order valence-corrected chi connectivity index (χ4v) is 2.45. The molecule has 0 bridgehead atoms. The van der Waals surface area contributed by atoms with Crippen molar-refractivity contribution >= 4 is 14.0 Å². The predicted molar refractivity (Wildman–Crippen MR) is 79.3 cm³/mol. The van der Waals surface area contributed by atoms with Gasteiger partial charge in [0.25, 0.3) is 0 Å². The van der Waals surface area contributed by atoms with Crippen molar-refractivity contribution in [3.05, 3.63) is 18.2 Å². The molecule has 0 radical (unpaired) electrons. The van der Waals surface area contributed by atoms with Crippen molar-refractivity contribution in [1.82, 2.24) is 0 Å². The minimum Gasteiger partial charge on any atom is -0.454 e. The molecule has 106 valence electrons. The quantitative estimate of drug-likeness (QED) is 0.673. The fourth-order valence-electron chi connectivity index (χ4n) is 1.58. The molecule has 5 heteroatoms. The van der Waals surface area contributed by atoms with Crippen molar-refractivity contribution in [3.8, 4) is 11.5 Å². The molecular weight excluding hydrogens is 258 g/mol. The standard InChI is InChI=1S/C14H23NO3Si/c1-14(2,3)19(4,5)18-9-15-11-7-6-8-12-13(11)17-10-16-12/h6-8,15H,9-10H2,1-5H3. The molecule has 19 heavy (non-hydrogen) atoms. The maximum Gasteiger partial charge on any atom is 0.231 e. The highest BCUT2D eigenvalue weighted by Gasteiger charge is 2.37. The van der Waals surface area contributed by atoms with E-state index < -0.39 is 8.32 Å². The van der Waals surface area contributed by atoms with Crippen LogP contribution in [-0.4, -0.2) is 21.8 Å². The smallest absolute Gasteiger partial charge is 0.231 e. The van der Waals surface area contributed by atoms with Crippen LogP contribution in [0.5, 0.6) is 11.5 Å². The lowest BCUT2D eigenvalue weighted by atomic mass is 10.2. The molecule has 1 aromatic rings. The van der Waals surface area contributed by atoms with Crippen molar-refractivity contribution in [1.29, 1.82) is 0 Å². The second kappa shape index (κ2) is 5.05. The summed E-state index contributed by atoms with van der Waals surface area (Å²) in [5, 5.41) is 3.50. The number of hydrogen-bond acceptors (Lipinski definition) is 4. The molecule has 2 rings (SSSR count). The molecule has 1 aliphatic rings. The molecule has 1 N–H and O–H groups in total. The maximum atomic E-state index is 6.09. The molecule has 1 aliphatic heterocycles. The largest absolute Gasteiger partial charge is 0.454 e. The molecule has 0 fully saturated rings. The first-order chi connectivity index (χ1) is 8.81. The second-order valence-electron chi connectivity index (χ2n) is 6.27. The molecular formula is C14H23NO3Si. The lowest BCUT2D eigenvalue weighted by molar-refractivity contribution is 0.174. The average Bonchev–Trinajstić information content (AvgIpc) is 2.76. The number of ether oxygens (including phenoxy) is 2. The van der Waals surface area contributed by atoms with Gasteiger partial charge in [0.15, 0.2) is 19.8 Å². The van der Waals surface area contributed by atoms with E-state index in [1.165, 1.54) is 0 Å². The van der Waals surface area contributed by atoms with Crippen LogP contribution in [0.25, 0.3) is 0 Å². The summed E-state index contributed by atoms with van der Waals surface area (Å²) in [4.78, 5) is 0. The second-order valence-corrected chi connectivity index (χ2v) is 11.1. The van der Waals surface area contributed by atoms with E-state index in [-0.39, 0.29) is 11.8 Å². The molecule has 0 saturated heterocycles. The van der Waals surface area contributed by atoms with Crippen molar-refractivity contribution in [3.63, 3.8) is 0 Å². The zero-order chi connectivity index (χ0) is 14.1. The predicted octanol–water partition coefficient (Wildman–Crippen LogP) is 3.81. The Bertz CT molecular complexity index is 454. The molecule has 0 atom stereocenters. The van der Waals surface area contributed by atoms with Crippen LogP contribution >= 0.6 is 0 Å². The van der Waals surface area contributed by atoms with Crippen LogP contribution in [0.2, 0.25) is 18.1 Å². The van der Waals surface area contributed by atoms with Gasteiger partial charge in [-0.15, -0.1) is 0 Å². The van der Waals surface area contributed by atoms with Crippen molar-refractivity contribution in [2.45, 2.75) is 38.9 Å². The van der Waals surface area contributed by atoms with Gasteiger partial charge in [-0.25, -0.2) is 0 Å². The number of nitrogens with one attached hydrogen (secondary N) is 1. The Hall–Kier alpha value is -1.20. The number of fused-ring (bicyclic) bond motifs is 1. The Morgan fingerprint density at radius 1 is 1.26 bits per heavy atom. The van der Waals surface area contributed by atoms with Gasteiger partial charge in [0.2, 0.25) is 6.79 Å². The van der Waals surface area contributed by atoms with Crippen LogP contribution in [0.3, 0.4) is 0 Å². The lowest BCUT2D eigenvalue weighted by Gasteiger charge is -2.36. The minimum absolute atomic E-state index is 0.215. The summed E-state index contributed by atoms with van der Waals surface area (Å²) in [6.45, 7) is 12.0. The first kappa shape index (κ1) is 14.2. The summed E-state index contributed by atoms with van der Waals surface area (Å²) in [6.07, 6.45) is 0. The molecule has 0 saturated carbocycles. The molecule has 0 aromatic heterocycles. The highest BCUT2D eigenvalue weighted by Crippen LogP contribution is 2.39. The van der Waals surface area contributed by atoms with Crippen LogP contribution in [0.1, 0.15) is 20.8 Å². The van der Waals surface area contributed by atoms with Gasteiger partial charge in [0.1, 0.15) is 6.73 Å². The summed E-state index contributed by atoms with van der Waals surface area (Å²) in [5.41, 5.74) is 0.925. The average molecular weight is 281 g/mol. The Labute approximate surface area is 116 Å². The number of anilines is 1. The SMILES string of the molecule is CC(C)(C)[Si](C)(C)OCNc1cccc2c1OCO2. The number of rotatable bonds is 4. The zero-order valence-electron chi connectivity index (χ0n) is 12.4. The molecule has 1 heterocycles. The first-order valence-corrected chi connectivity index (χ1v) is 9.48. The fraction of sp³-hybridized carbons (Fsp3) is 0.571. The topological polar surface area (TPSA) is 39.7 Å². The van der Waals surface area contributed by atoms with E-state index >= 15 is 0 Å². The van der Waals surface area contributed by atoms with Gasteiger partial charge < -0.3 is 19.2 Å². The van der Waals surface area contributed by atoms with Gasteiger partial charge in [-0.3, -0.25) is 0 Å². The van der Waals surface area contributed by atoms with E-state index in [4.69, 9.17) is 13.9 Å². The van der Waals surface area contributed by atoms with Crippen LogP contribution in [0.15, 0.2) is 18.2 Å². The van der Waals surface area contributed by atoms with Crippen LogP contribution in [-0.2, 0) is 4.43 Å².